The molecule has 8 nitrogen and oxygen atoms in total. The van der Waals surface area contributed by atoms with Crippen molar-refractivity contribution in [2.45, 2.75) is 51.6 Å². The molecule has 3 aromatic heterocycles. The predicted molar refractivity (Wildman–Crippen MR) is 142 cm³/mol. The van der Waals surface area contributed by atoms with Crippen molar-refractivity contribution in [2.75, 3.05) is 24.5 Å². The van der Waals surface area contributed by atoms with Crippen molar-refractivity contribution in [2.24, 2.45) is 5.73 Å². The topological polar surface area (TPSA) is 92.7 Å². The number of carbonyl (C=O) groups excluding carboxylic acids is 1. The number of carbonyl (C=O) groups is 1. The minimum Gasteiger partial charge on any atom is -0.355 e. The third-order valence-electron chi connectivity index (χ3n) is 7.41. The first-order chi connectivity index (χ1) is 17.4. The molecule has 5 heterocycles. The number of hydrogen-bond donors (Lipinski definition) is 1. The number of nitrogens with two attached hydrogens (primary N) is 1. The van der Waals surface area contributed by atoms with Crippen LogP contribution in [0.3, 0.4) is 0 Å². The lowest BCUT2D eigenvalue weighted by Crippen LogP contribution is -2.39. The van der Waals surface area contributed by atoms with Crippen LogP contribution in [-0.2, 0) is 0 Å². The highest BCUT2D eigenvalue weighted by Gasteiger charge is 2.33. The van der Waals surface area contributed by atoms with Crippen LogP contribution in [0.25, 0.3) is 16.6 Å². The molecule has 4 aromatic rings. The van der Waals surface area contributed by atoms with Crippen molar-refractivity contribution < 1.29 is 4.79 Å². The van der Waals surface area contributed by atoms with Gasteiger partial charge in [-0.2, -0.15) is 5.10 Å². The van der Waals surface area contributed by atoms with E-state index in [9.17, 15) is 4.79 Å². The number of hydrogen-bond acceptors (Lipinski definition) is 6. The van der Waals surface area contributed by atoms with E-state index in [0.29, 0.717) is 22.6 Å². The van der Waals surface area contributed by atoms with Gasteiger partial charge in [0.15, 0.2) is 5.65 Å². The molecule has 0 spiro atoms. The van der Waals surface area contributed by atoms with Crippen molar-refractivity contribution in [1.29, 1.82) is 0 Å². The third-order valence-corrected chi connectivity index (χ3v) is 7.72. The van der Waals surface area contributed by atoms with Crippen LogP contribution < -0.4 is 10.6 Å². The van der Waals surface area contributed by atoms with Gasteiger partial charge in [0.1, 0.15) is 5.82 Å². The molecule has 0 radical (unpaired) electrons. The van der Waals surface area contributed by atoms with Gasteiger partial charge in [0.2, 0.25) is 0 Å². The normalized spacial score (nSPS) is 20.6. The Morgan fingerprint density at radius 1 is 1.14 bits per heavy atom. The molecule has 2 aliphatic rings. The quantitative estimate of drug-likeness (QED) is 0.444. The fourth-order valence-corrected chi connectivity index (χ4v) is 5.83. The van der Waals surface area contributed by atoms with Crippen LogP contribution >= 0.6 is 11.6 Å². The van der Waals surface area contributed by atoms with Crippen LogP contribution in [0.5, 0.6) is 0 Å². The maximum atomic E-state index is 14.0. The maximum absolute atomic E-state index is 14.0. The van der Waals surface area contributed by atoms with Crippen molar-refractivity contribution in [3.8, 4) is 0 Å². The number of benzene rings is 1. The fraction of sp³-hybridized carbons (Fsp3) is 0.407. The van der Waals surface area contributed by atoms with E-state index >= 15 is 0 Å². The van der Waals surface area contributed by atoms with E-state index in [-0.39, 0.29) is 18.0 Å². The second-order valence-electron chi connectivity index (χ2n) is 10.1. The lowest BCUT2D eigenvalue weighted by atomic mass is 9.97. The molecule has 186 valence electrons. The highest BCUT2D eigenvalue weighted by Crippen LogP contribution is 2.35. The second-order valence-corrected chi connectivity index (χ2v) is 10.5. The average Bonchev–Trinajstić information content (AvgIpc) is 3.48. The Morgan fingerprint density at radius 3 is 2.81 bits per heavy atom. The monoisotopic (exact) mass is 503 g/mol. The summed E-state index contributed by atoms with van der Waals surface area (Å²) in [5.41, 5.74) is 11.0. The van der Waals surface area contributed by atoms with Crippen molar-refractivity contribution in [3.05, 3.63) is 64.1 Å². The lowest BCUT2D eigenvalue weighted by Gasteiger charge is -2.35. The number of nitrogens with zero attached hydrogens (tertiary/aromatic N) is 6. The van der Waals surface area contributed by atoms with Crippen LogP contribution in [0.2, 0.25) is 5.02 Å². The van der Waals surface area contributed by atoms with Gasteiger partial charge in [0, 0.05) is 55.1 Å². The van der Waals surface area contributed by atoms with Gasteiger partial charge in [-0.05, 0) is 57.2 Å². The molecule has 2 saturated heterocycles. The molecule has 1 amide bonds. The molecule has 9 heteroatoms. The number of aromatic nitrogens is 4. The zero-order valence-electron chi connectivity index (χ0n) is 20.6. The molecule has 2 N–H and O–H groups in total. The average molecular weight is 504 g/mol. The minimum atomic E-state index is -0.145. The summed E-state index contributed by atoms with van der Waals surface area (Å²) in [5, 5.41) is 6.21. The number of anilines is 1. The Bertz CT molecular complexity index is 1480. The number of halogens is 1. The lowest BCUT2D eigenvalue weighted by molar-refractivity contribution is 0.0607. The van der Waals surface area contributed by atoms with E-state index in [1.807, 2.05) is 40.7 Å². The Balaban J connectivity index is 1.37. The van der Waals surface area contributed by atoms with Gasteiger partial charge >= 0.3 is 0 Å². The summed E-state index contributed by atoms with van der Waals surface area (Å²) in [6.45, 7) is 6.43. The number of rotatable bonds is 3. The first-order valence-corrected chi connectivity index (χ1v) is 13.0. The van der Waals surface area contributed by atoms with E-state index in [2.05, 4.69) is 16.8 Å². The number of fused-ring (bicyclic) bond motifs is 2. The van der Waals surface area contributed by atoms with E-state index in [1.54, 1.807) is 12.3 Å². The van der Waals surface area contributed by atoms with Gasteiger partial charge in [-0.1, -0.05) is 17.7 Å². The van der Waals surface area contributed by atoms with E-state index < -0.39 is 0 Å². The Kier molecular flexibility index (Phi) is 5.80. The summed E-state index contributed by atoms with van der Waals surface area (Å²) in [7, 11) is 0. The number of aryl methyl sites for hydroxylation is 2. The van der Waals surface area contributed by atoms with Crippen LogP contribution in [0, 0.1) is 13.8 Å². The molecule has 2 unspecified atom stereocenters. The van der Waals surface area contributed by atoms with Gasteiger partial charge in [-0.25, -0.2) is 9.50 Å². The molecule has 0 aliphatic carbocycles. The Labute approximate surface area is 215 Å². The van der Waals surface area contributed by atoms with E-state index in [1.165, 1.54) is 0 Å². The Morgan fingerprint density at radius 2 is 2.00 bits per heavy atom. The molecule has 6 rings (SSSR count). The predicted octanol–water partition coefficient (Wildman–Crippen LogP) is 4.45. The summed E-state index contributed by atoms with van der Waals surface area (Å²) in [6.07, 6.45) is 7.60. The van der Waals surface area contributed by atoms with Crippen molar-refractivity contribution >= 4 is 39.9 Å². The summed E-state index contributed by atoms with van der Waals surface area (Å²) in [6, 6.07) is 7.80. The molecular formula is C27H30ClN7O. The van der Waals surface area contributed by atoms with E-state index in [4.69, 9.17) is 27.4 Å². The van der Waals surface area contributed by atoms with Gasteiger partial charge in [0.05, 0.1) is 27.8 Å². The van der Waals surface area contributed by atoms with Gasteiger partial charge in [0.25, 0.3) is 5.91 Å². The molecule has 1 aromatic carbocycles. The van der Waals surface area contributed by atoms with Crippen molar-refractivity contribution in [1.82, 2.24) is 24.5 Å². The summed E-state index contributed by atoms with van der Waals surface area (Å²) >= 11 is 6.59. The molecule has 0 bridgehead atoms. The zero-order valence-corrected chi connectivity index (χ0v) is 21.4. The van der Waals surface area contributed by atoms with Gasteiger partial charge in [-0.3, -0.25) is 9.78 Å². The van der Waals surface area contributed by atoms with Crippen LogP contribution in [-0.4, -0.2) is 56.1 Å². The van der Waals surface area contributed by atoms with Crippen LogP contribution in [0.1, 0.15) is 58.9 Å². The molecule has 36 heavy (non-hydrogen) atoms. The number of piperidine rings is 1. The number of likely N-dealkylation sites (tertiary alicyclic amines) is 1. The third kappa shape index (κ3) is 3.98. The van der Waals surface area contributed by atoms with Gasteiger partial charge < -0.3 is 15.5 Å². The summed E-state index contributed by atoms with van der Waals surface area (Å²) in [4.78, 5) is 27.6. The van der Waals surface area contributed by atoms with Gasteiger partial charge in [-0.15, -0.1) is 0 Å². The largest absolute Gasteiger partial charge is 0.355 e. The highest BCUT2D eigenvalue weighted by atomic mass is 35.5. The van der Waals surface area contributed by atoms with Crippen LogP contribution in [0.15, 0.2) is 36.7 Å². The molecule has 2 fully saturated rings. The number of amides is 1. The SMILES string of the molecule is Cc1cnc2c(C(=O)N3CCCCC3c3cc4nc(N5CCC(N)C5)c(C)cn4n3)c(Cl)ccc2c1. The highest BCUT2D eigenvalue weighted by molar-refractivity contribution is 6.35. The summed E-state index contributed by atoms with van der Waals surface area (Å²) in [5.74, 6) is 0.863. The summed E-state index contributed by atoms with van der Waals surface area (Å²) < 4.78 is 1.83. The molecule has 2 atom stereocenters. The standard InChI is InChI=1S/C27H30ClN7O/c1-16-11-18-6-7-20(28)24(25(18)30-13-16)27(36)34-9-4-3-5-22(34)21-12-23-31-26(17(2)14-35(23)32-21)33-10-8-19(29)15-33/h6-7,11-14,19,22H,3-5,8-10,15,29H2,1-2H3. The Hall–Kier alpha value is -3.23. The maximum Gasteiger partial charge on any atom is 0.258 e. The first kappa shape index (κ1) is 23.2. The molecule has 0 saturated carbocycles. The van der Waals surface area contributed by atoms with Crippen molar-refractivity contribution in [3.63, 3.8) is 0 Å². The minimum absolute atomic E-state index is 0.0976. The van der Waals surface area contributed by atoms with Crippen LogP contribution in [0.4, 0.5) is 5.82 Å². The molecular weight excluding hydrogens is 474 g/mol. The second kappa shape index (κ2) is 9.01. The smallest absolute Gasteiger partial charge is 0.258 e. The molecule has 2 aliphatic heterocycles. The fourth-order valence-electron chi connectivity index (χ4n) is 5.60. The first-order valence-electron chi connectivity index (χ1n) is 12.6. The number of pyridine rings is 1. The zero-order chi connectivity index (χ0) is 25.0. The van der Waals surface area contributed by atoms with E-state index in [0.717, 1.165) is 72.4 Å².